The second kappa shape index (κ2) is 5.00. The number of hydrogen-bond acceptors (Lipinski definition) is 1. The van der Waals surface area contributed by atoms with Gasteiger partial charge in [0.1, 0.15) is 0 Å². The van der Waals surface area contributed by atoms with Crippen molar-refractivity contribution in [3.05, 3.63) is 40.9 Å². The van der Waals surface area contributed by atoms with Crippen molar-refractivity contribution in [2.45, 2.75) is 12.6 Å². The fraction of sp³-hybridized carbons (Fsp3) is 0.308. The van der Waals surface area contributed by atoms with Crippen molar-refractivity contribution >= 4 is 27.5 Å². The summed E-state index contributed by atoms with van der Waals surface area (Å²) in [5, 5.41) is 0. The summed E-state index contributed by atoms with van der Waals surface area (Å²) < 4.78 is 38.4. The molecule has 1 amide bonds. The maximum absolute atomic E-state index is 12.8. The summed E-state index contributed by atoms with van der Waals surface area (Å²) >= 11 is 2.88. The summed E-state index contributed by atoms with van der Waals surface area (Å²) in [4.78, 5) is 13.1. The number of nitrogens with zero attached hydrogens (tertiary/aromatic N) is 1. The second-order valence-electron chi connectivity index (χ2n) is 4.37. The van der Waals surface area contributed by atoms with E-state index in [0.29, 0.717) is 13.0 Å². The Bertz CT molecular complexity index is 527. The molecule has 0 bridgehead atoms. The Balaban J connectivity index is 2.37. The Kier molecular flexibility index (Phi) is 3.71. The van der Waals surface area contributed by atoms with Gasteiger partial charge in [-0.25, -0.2) is 0 Å². The molecule has 0 aliphatic carbocycles. The molecule has 102 valence electrons. The predicted molar refractivity (Wildman–Crippen MR) is 69.8 cm³/mol. The number of halogens is 4. The minimum Gasteiger partial charge on any atom is -0.312 e. The highest BCUT2D eigenvalue weighted by molar-refractivity contribution is 9.10. The SMILES string of the molecule is C=CC1CC(=O)N(c2ccc(Br)c(C(F)(F)F)c2)C1. The lowest BCUT2D eigenvalue weighted by Crippen LogP contribution is -2.24. The van der Waals surface area contributed by atoms with E-state index in [2.05, 4.69) is 22.5 Å². The van der Waals surface area contributed by atoms with Gasteiger partial charge in [-0.1, -0.05) is 22.0 Å². The molecule has 0 spiro atoms. The number of carbonyl (C=O) groups is 1. The lowest BCUT2D eigenvalue weighted by atomic mass is 10.1. The van der Waals surface area contributed by atoms with Crippen molar-refractivity contribution in [3.63, 3.8) is 0 Å². The van der Waals surface area contributed by atoms with Gasteiger partial charge in [0.15, 0.2) is 0 Å². The second-order valence-corrected chi connectivity index (χ2v) is 5.22. The largest absolute Gasteiger partial charge is 0.417 e. The Morgan fingerprint density at radius 1 is 1.42 bits per heavy atom. The quantitative estimate of drug-likeness (QED) is 0.749. The molecule has 0 radical (unpaired) electrons. The van der Waals surface area contributed by atoms with Gasteiger partial charge < -0.3 is 4.90 Å². The molecule has 2 rings (SSSR count). The highest BCUT2D eigenvalue weighted by atomic mass is 79.9. The monoisotopic (exact) mass is 333 g/mol. The van der Waals surface area contributed by atoms with Crippen molar-refractivity contribution in [1.29, 1.82) is 0 Å². The summed E-state index contributed by atoms with van der Waals surface area (Å²) in [5.41, 5.74) is -0.510. The van der Waals surface area contributed by atoms with Gasteiger partial charge in [-0.3, -0.25) is 4.79 Å². The molecule has 2 nitrogen and oxygen atoms in total. The Morgan fingerprint density at radius 3 is 2.63 bits per heavy atom. The fourth-order valence-electron chi connectivity index (χ4n) is 2.04. The van der Waals surface area contributed by atoms with Crippen LogP contribution in [0.3, 0.4) is 0 Å². The van der Waals surface area contributed by atoms with Gasteiger partial charge in [0.25, 0.3) is 0 Å². The number of amides is 1. The van der Waals surface area contributed by atoms with E-state index in [0.717, 1.165) is 6.07 Å². The maximum Gasteiger partial charge on any atom is 0.417 e. The van der Waals surface area contributed by atoms with E-state index in [1.807, 2.05) is 0 Å². The van der Waals surface area contributed by atoms with Crippen molar-refractivity contribution in [3.8, 4) is 0 Å². The smallest absolute Gasteiger partial charge is 0.312 e. The molecular formula is C13H11BrF3NO. The Labute approximate surface area is 117 Å². The zero-order valence-corrected chi connectivity index (χ0v) is 11.5. The van der Waals surface area contributed by atoms with E-state index in [-0.39, 0.29) is 22.0 Å². The number of rotatable bonds is 2. The summed E-state index contributed by atoms with van der Waals surface area (Å²) in [6.45, 7) is 3.99. The van der Waals surface area contributed by atoms with Crippen LogP contribution in [0.25, 0.3) is 0 Å². The molecule has 1 aliphatic rings. The molecule has 1 atom stereocenters. The summed E-state index contributed by atoms with van der Waals surface area (Å²) in [7, 11) is 0. The summed E-state index contributed by atoms with van der Waals surface area (Å²) in [6, 6.07) is 3.81. The van der Waals surface area contributed by atoms with E-state index in [4.69, 9.17) is 0 Å². The molecule has 1 fully saturated rings. The number of anilines is 1. The van der Waals surface area contributed by atoms with Gasteiger partial charge in [0, 0.05) is 29.0 Å². The molecule has 0 aromatic heterocycles. The first-order valence-corrected chi connectivity index (χ1v) is 6.42. The van der Waals surface area contributed by atoms with Crippen LogP contribution in [0, 0.1) is 5.92 Å². The van der Waals surface area contributed by atoms with Crippen molar-refractivity contribution < 1.29 is 18.0 Å². The normalized spacial score (nSPS) is 19.9. The maximum atomic E-state index is 12.8. The zero-order chi connectivity index (χ0) is 14.2. The van der Waals surface area contributed by atoms with E-state index in [9.17, 15) is 18.0 Å². The minimum atomic E-state index is -4.45. The Morgan fingerprint density at radius 2 is 2.11 bits per heavy atom. The molecule has 1 aromatic rings. The molecule has 1 aromatic carbocycles. The van der Waals surface area contributed by atoms with Gasteiger partial charge in [-0.05, 0) is 18.2 Å². The van der Waals surface area contributed by atoms with Crippen LogP contribution in [0.5, 0.6) is 0 Å². The number of carbonyl (C=O) groups excluding carboxylic acids is 1. The third-order valence-corrected chi connectivity index (χ3v) is 3.75. The van der Waals surface area contributed by atoms with Crippen LogP contribution >= 0.6 is 15.9 Å². The molecule has 1 unspecified atom stereocenters. The molecule has 6 heteroatoms. The van der Waals surface area contributed by atoms with Gasteiger partial charge in [0.2, 0.25) is 5.91 Å². The minimum absolute atomic E-state index is 0.00881. The number of benzene rings is 1. The van der Waals surface area contributed by atoms with Gasteiger partial charge >= 0.3 is 6.18 Å². The van der Waals surface area contributed by atoms with E-state index in [1.54, 1.807) is 6.08 Å². The van der Waals surface area contributed by atoms with Crippen LogP contribution in [-0.2, 0) is 11.0 Å². The van der Waals surface area contributed by atoms with Crippen LogP contribution in [0.15, 0.2) is 35.3 Å². The molecule has 1 saturated heterocycles. The topological polar surface area (TPSA) is 20.3 Å². The van der Waals surface area contributed by atoms with Gasteiger partial charge in [0.05, 0.1) is 5.56 Å². The molecule has 19 heavy (non-hydrogen) atoms. The van der Waals surface area contributed by atoms with Crippen LogP contribution in [0.1, 0.15) is 12.0 Å². The molecule has 0 N–H and O–H groups in total. The van der Waals surface area contributed by atoms with E-state index >= 15 is 0 Å². The highest BCUT2D eigenvalue weighted by Gasteiger charge is 2.35. The predicted octanol–water partition coefficient (Wildman–Crippen LogP) is 4.01. The third-order valence-electron chi connectivity index (χ3n) is 3.06. The number of alkyl halides is 3. The fourth-order valence-corrected chi connectivity index (χ4v) is 2.51. The van der Waals surface area contributed by atoms with Crippen LogP contribution in [-0.4, -0.2) is 12.5 Å². The van der Waals surface area contributed by atoms with Crippen LogP contribution in [0.2, 0.25) is 0 Å². The molecule has 1 heterocycles. The first kappa shape index (κ1) is 14.1. The van der Waals surface area contributed by atoms with Crippen molar-refractivity contribution in [2.75, 3.05) is 11.4 Å². The lowest BCUT2D eigenvalue weighted by molar-refractivity contribution is -0.138. The van der Waals surface area contributed by atoms with E-state index < -0.39 is 11.7 Å². The lowest BCUT2D eigenvalue weighted by Gasteiger charge is -2.18. The zero-order valence-electron chi connectivity index (χ0n) is 9.88. The summed E-state index contributed by atoms with van der Waals surface area (Å²) in [5.74, 6) is -0.189. The first-order chi connectivity index (χ1) is 8.82. The van der Waals surface area contributed by atoms with Crippen molar-refractivity contribution in [2.24, 2.45) is 5.92 Å². The van der Waals surface area contributed by atoms with E-state index in [1.165, 1.54) is 17.0 Å². The molecular weight excluding hydrogens is 323 g/mol. The Hall–Kier alpha value is -1.30. The van der Waals surface area contributed by atoms with Gasteiger partial charge in [-0.15, -0.1) is 6.58 Å². The summed E-state index contributed by atoms with van der Waals surface area (Å²) in [6.07, 6.45) is -2.50. The van der Waals surface area contributed by atoms with Crippen molar-refractivity contribution in [1.82, 2.24) is 0 Å². The third kappa shape index (κ3) is 2.83. The van der Waals surface area contributed by atoms with Crippen LogP contribution in [0.4, 0.5) is 18.9 Å². The number of hydrogen-bond donors (Lipinski definition) is 0. The molecule has 1 aliphatic heterocycles. The molecule has 0 saturated carbocycles. The first-order valence-electron chi connectivity index (χ1n) is 5.62. The average Bonchev–Trinajstić information content (AvgIpc) is 2.70. The highest BCUT2D eigenvalue weighted by Crippen LogP contribution is 2.38. The average molecular weight is 334 g/mol. The van der Waals surface area contributed by atoms with Gasteiger partial charge in [-0.2, -0.15) is 13.2 Å². The standard InChI is InChI=1S/C13H11BrF3NO/c1-2-8-5-12(19)18(7-8)9-3-4-11(14)10(6-9)13(15,16)17/h2-4,6,8H,1,5,7H2. The van der Waals surface area contributed by atoms with Crippen LogP contribution < -0.4 is 4.90 Å².